The Labute approximate surface area is 163 Å². The number of carbonyl (C=O) groups excluding carboxylic acids is 3. The average molecular weight is 377 g/mol. The van der Waals surface area contributed by atoms with E-state index in [0.29, 0.717) is 24.1 Å². The molecule has 6 heteroatoms. The second kappa shape index (κ2) is 7.84. The zero-order valence-electron chi connectivity index (χ0n) is 15.5. The largest absolute Gasteiger partial charge is 0.349 e. The number of nitrogens with one attached hydrogen (secondary N) is 3. The van der Waals surface area contributed by atoms with Crippen LogP contribution in [0.5, 0.6) is 0 Å². The zero-order valence-corrected chi connectivity index (χ0v) is 15.5. The summed E-state index contributed by atoms with van der Waals surface area (Å²) in [6, 6.07) is 15.0. The van der Waals surface area contributed by atoms with E-state index in [1.807, 2.05) is 24.3 Å². The number of carbonyl (C=O) groups is 3. The molecule has 6 nitrogen and oxygen atoms in total. The molecule has 0 bridgehead atoms. The smallest absolute Gasteiger partial charge is 0.251 e. The second-order valence-corrected chi connectivity index (χ2v) is 7.46. The van der Waals surface area contributed by atoms with E-state index in [0.717, 1.165) is 24.1 Å². The van der Waals surface area contributed by atoms with E-state index in [2.05, 4.69) is 16.0 Å². The van der Waals surface area contributed by atoms with E-state index in [4.69, 9.17) is 0 Å². The van der Waals surface area contributed by atoms with Gasteiger partial charge in [-0.25, -0.2) is 0 Å². The van der Waals surface area contributed by atoms with Gasteiger partial charge >= 0.3 is 0 Å². The fourth-order valence-electron chi connectivity index (χ4n) is 3.41. The minimum atomic E-state index is -0.212. The molecule has 28 heavy (non-hydrogen) atoms. The molecule has 2 aromatic carbocycles. The van der Waals surface area contributed by atoms with Crippen LogP contribution in [0.1, 0.15) is 41.6 Å². The lowest BCUT2D eigenvalue weighted by molar-refractivity contribution is -0.121. The average Bonchev–Trinajstić information content (AvgIpc) is 3.50. The van der Waals surface area contributed by atoms with Crippen molar-refractivity contribution in [2.75, 3.05) is 10.6 Å². The van der Waals surface area contributed by atoms with Crippen LogP contribution in [0.4, 0.5) is 11.4 Å². The first-order valence-electron chi connectivity index (χ1n) is 9.68. The number of hydrogen-bond acceptors (Lipinski definition) is 3. The molecular weight excluding hydrogens is 354 g/mol. The Morgan fingerprint density at radius 3 is 2.71 bits per heavy atom. The van der Waals surface area contributed by atoms with Gasteiger partial charge < -0.3 is 16.0 Å². The van der Waals surface area contributed by atoms with Crippen LogP contribution in [0.15, 0.2) is 48.5 Å². The number of para-hydroxylation sites is 1. The van der Waals surface area contributed by atoms with Crippen molar-refractivity contribution in [1.29, 1.82) is 0 Å². The van der Waals surface area contributed by atoms with Gasteiger partial charge in [-0.15, -0.1) is 0 Å². The predicted molar refractivity (Wildman–Crippen MR) is 107 cm³/mol. The first kappa shape index (κ1) is 18.2. The van der Waals surface area contributed by atoms with Gasteiger partial charge in [0, 0.05) is 35.3 Å². The molecular formula is C22H23N3O3. The first-order chi connectivity index (χ1) is 13.6. The van der Waals surface area contributed by atoms with Gasteiger partial charge in [-0.05, 0) is 55.5 Å². The molecule has 0 unspecified atom stereocenters. The van der Waals surface area contributed by atoms with Crippen molar-refractivity contribution >= 4 is 29.1 Å². The van der Waals surface area contributed by atoms with Crippen LogP contribution in [0, 0.1) is 5.92 Å². The Morgan fingerprint density at radius 2 is 1.89 bits per heavy atom. The summed E-state index contributed by atoms with van der Waals surface area (Å²) in [5.74, 6) is -0.524. The van der Waals surface area contributed by atoms with Crippen LogP contribution in [0.2, 0.25) is 0 Å². The van der Waals surface area contributed by atoms with Crippen molar-refractivity contribution in [2.24, 2.45) is 5.92 Å². The second-order valence-electron chi connectivity index (χ2n) is 7.46. The van der Waals surface area contributed by atoms with Crippen molar-refractivity contribution in [3.05, 3.63) is 59.7 Å². The molecule has 1 aliphatic carbocycles. The third-order valence-electron chi connectivity index (χ3n) is 5.15. The van der Waals surface area contributed by atoms with Crippen LogP contribution in [0.3, 0.4) is 0 Å². The fourth-order valence-corrected chi connectivity index (χ4v) is 3.41. The highest BCUT2D eigenvalue weighted by Gasteiger charge is 2.26. The summed E-state index contributed by atoms with van der Waals surface area (Å²) in [6.45, 7) is 0. The molecule has 2 aromatic rings. The quantitative estimate of drug-likeness (QED) is 0.723. The summed E-state index contributed by atoms with van der Waals surface area (Å²) in [5, 5.41) is 8.67. The van der Waals surface area contributed by atoms with E-state index in [1.54, 1.807) is 24.3 Å². The fraction of sp³-hybridized carbons (Fsp3) is 0.318. The SMILES string of the molecule is O=C(CC[C@@H]1Cc2ccccc2NC1=O)Nc1cccc(C(=O)NC2CC2)c1. The summed E-state index contributed by atoms with van der Waals surface area (Å²) in [6.07, 6.45) is 3.43. The molecule has 1 aliphatic heterocycles. The molecule has 1 atom stereocenters. The van der Waals surface area contributed by atoms with Crippen molar-refractivity contribution in [3.63, 3.8) is 0 Å². The van der Waals surface area contributed by atoms with Gasteiger partial charge in [0.15, 0.2) is 0 Å². The zero-order chi connectivity index (χ0) is 19.5. The Bertz CT molecular complexity index is 921. The maximum Gasteiger partial charge on any atom is 0.251 e. The van der Waals surface area contributed by atoms with Gasteiger partial charge in [0.2, 0.25) is 11.8 Å². The van der Waals surface area contributed by atoms with Crippen LogP contribution in [-0.2, 0) is 16.0 Å². The number of fused-ring (bicyclic) bond motifs is 1. The molecule has 0 aromatic heterocycles. The number of anilines is 2. The van der Waals surface area contributed by atoms with E-state index >= 15 is 0 Å². The van der Waals surface area contributed by atoms with Crippen LogP contribution in [0.25, 0.3) is 0 Å². The Hall–Kier alpha value is -3.15. The van der Waals surface area contributed by atoms with E-state index < -0.39 is 0 Å². The molecule has 4 rings (SSSR count). The number of rotatable bonds is 6. The molecule has 0 spiro atoms. The molecule has 1 heterocycles. The predicted octanol–water partition coefficient (Wildman–Crippen LogP) is 3.11. The van der Waals surface area contributed by atoms with Gasteiger partial charge in [0.05, 0.1) is 0 Å². The van der Waals surface area contributed by atoms with Gasteiger partial charge in [0.25, 0.3) is 5.91 Å². The summed E-state index contributed by atoms with van der Waals surface area (Å²) in [7, 11) is 0. The van der Waals surface area contributed by atoms with Crippen molar-refractivity contribution in [1.82, 2.24) is 5.32 Å². The molecule has 0 saturated heterocycles. The van der Waals surface area contributed by atoms with Crippen molar-refractivity contribution in [2.45, 2.75) is 38.1 Å². The van der Waals surface area contributed by atoms with E-state index in [1.165, 1.54) is 0 Å². The number of benzene rings is 2. The van der Waals surface area contributed by atoms with Crippen molar-refractivity contribution < 1.29 is 14.4 Å². The highest BCUT2D eigenvalue weighted by atomic mass is 16.2. The summed E-state index contributed by atoms with van der Waals surface area (Å²) >= 11 is 0. The maximum atomic E-state index is 12.3. The van der Waals surface area contributed by atoms with Crippen LogP contribution < -0.4 is 16.0 Å². The molecule has 1 saturated carbocycles. The monoisotopic (exact) mass is 377 g/mol. The minimum absolute atomic E-state index is 0.0368. The normalized spacial score (nSPS) is 18.0. The molecule has 0 radical (unpaired) electrons. The van der Waals surface area contributed by atoms with Gasteiger partial charge in [-0.2, -0.15) is 0 Å². The Morgan fingerprint density at radius 1 is 1.07 bits per heavy atom. The Balaban J connectivity index is 1.31. The summed E-state index contributed by atoms with van der Waals surface area (Å²) in [5.41, 5.74) is 3.08. The molecule has 2 aliphatic rings. The van der Waals surface area contributed by atoms with Gasteiger partial charge in [-0.1, -0.05) is 24.3 Å². The minimum Gasteiger partial charge on any atom is -0.349 e. The number of hydrogen-bond donors (Lipinski definition) is 3. The van der Waals surface area contributed by atoms with Crippen LogP contribution in [-0.4, -0.2) is 23.8 Å². The van der Waals surface area contributed by atoms with Gasteiger partial charge in [0.1, 0.15) is 0 Å². The third kappa shape index (κ3) is 4.39. The number of amides is 3. The standard InChI is InChI=1S/C22H23N3O3/c26-20(11-8-16-12-14-4-1-2-7-19(14)25-22(16)28)23-18-6-3-5-15(13-18)21(27)24-17-9-10-17/h1-7,13,16-17H,8-12H2,(H,23,26)(H,24,27)(H,25,28)/t16-/m1/s1. The van der Waals surface area contributed by atoms with Crippen molar-refractivity contribution in [3.8, 4) is 0 Å². The lowest BCUT2D eigenvalue weighted by atomic mass is 9.89. The summed E-state index contributed by atoms with van der Waals surface area (Å²) < 4.78 is 0. The third-order valence-corrected chi connectivity index (χ3v) is 5.15. The lowest BCUT2D eigenvalue weighted by Gasteiger charge is -2.24. The highest BCUT2D eigenvalue weighted by Crippen LogP contribution is 2.27. The van der Waals surface area contributed by atoms with Crippen LogP contribution >= 0.6 is 0 Å². The molecule has 3 N–H and O–H groups in total. The summed E-state index contributed by atoms with van der Waals surface area (Å²) in [4.78, 5) is 36.7. The van der Waals surface area contributed by atoms with Gasteiger partial charge in [-0.3, -0.25) is 14.4 Å². The van der Waals surface area contributed by atoms with E-state index in [9.17, 15) is 14.4 Å². The highest BCUT2D eigenvalue weighted by molar-refractivity contribution is 5.98. The topological polar surface area (TPSA) is 87.3 Å². The maximum absolute atomic E-state index is 12.3. The first-order valence-corrected chi connectivity index (χ1v) is 9.68. The Kier molecular flexibility index (Phi) is 5.10. The lowest BCUT2D eigenvalue weighted by Crippen LogP contribution is -2.30. The molecule has 144 valence electrons. The van der Waals surface area contributed by atoms with E-state index in [-0.39, 0.29) is 36.1 Å². The molecule has 3 amide bonds. The molecule has 1 fully saturated rings.